The molecule has 3 atom stereocenters. The summed E-state index contributed by atoms with van der Waals surface area (Å²) in [6, 6.07) is 7.13. The number of hydrogen-bond acceptors (Lipinski definition) is 4. The number of carbonyl (C=O) groups excluding carboxylic acids is 2. The lowest BCUT2D eigenvalue weighted by Crippen LogP contribution is -2.18. The van der Waals surface area contributed by atoms with E-state index in [1.165, 1.54) is 5.57 Å². The number of methoxy groups -OCH3 is 1. The smallest absolute Gasteiger partial charge is 0.306 e. The van der Waals surface area contributed by atoms with Crippen molar-refractivity contribution in [1.29, 1.82) is 0 Å². The van der Waals surface area contributed by atoms with Crippen LogP contribution in [-0.4, -0.2) is 25.5 Å². The van der Waals surface area contributed by atoms with Crippen LogP contribution in [0.2, 0.25) is 0 Å². The van der Waals surface area contributed by atoms with Gasteiger partial charge in [0.25, 0.3) is 0 Å². The highest BCUT2D eigenvalue weighted by Crippen LogP contribution is 2.28. The number of hydrogen-bond donors (Lipinski definition) is 0. The molecule has 0 saturated heterocycles. The van der Waals surface area contributed by atoms with Crippen LogP contribution in [0.1, 0.15) is 76.6 Å². The SMILES string of the molecule is COc1ccc(C(=O)CC(CC(=O)OCCC(C)CCC=C(C)C)C2=CCC(C)C=C2)cc1. The summed E-state index contributed by atoms with van der Waals surface area (Å²) in [7, 11) is 1.60. The van der Waals surface area contributed by atoms with Crippen LogP contribution in [0.4, 0.5) is 0 Å². The Balaban J connectivity index is 1.93. The molecule has 3 unspecified atom stereocenters. The van der Waals surface area contributed by atoms with Crippen LogP contribution >= 0.6 is 0 Å². The Bertz CT molecular complexity index is 856. The average Bonchev–Trinajstić information content (AvgIpc) is 2.79. The fraction of sp³-hybridized carbons (Fsp3) is 0.517. The molecule has 0 fully saturated rings. The standard InChI is InChI=1S/C29H40O4/c1-21(2)7-6-8-22(3)17-18-33-29(31)20-26(24-11-9-23(4)10-12-24)19-28(30)25-13-15-27(32-5)16-14-25/h7,9,11-16,22-23,26H,6,8,10,17-20H2,1-5H3. The molecule has 0 spiro atoms. The lowest BCUT2D eigenvalue weighted by atomic mass is 9.84. The molecule has 0 aromatic heterocycles. The van der Waals surface area contributed by atoms with Crippen LogP contribution in [0.25, 0.3) is 0 Å². The molecule has 0 bridgehead atoms. The van der Waals surface area contributed by atoms with Crippen molar-refractivity contribution in [2.75, 3.05) is 13.7 Å². The molecule has 0 N–H and O–H groups in total. The first-order valence-corrected chi connectivity index (χ1v) is 12.1. The minimum atomic E-state index is -0.230. The number of ether oxygens (including phenoxy) is 2. The number of rotatable bonds is 13. The first-order valence-electron chi connectivity index (χ1n) is 12.1. The summed E-state index contributed by atoms with van der Waals surface area (Å²) in [6.07, 6.45) is 13.1. The number of allylic oxidation sites excluding steroid dienone is 6. The van der Waals surface area contributed by atoms with E-state index in [1.54, 1.807) is 31.4 Å². The molecule has 0 aliphatic heterocycles. The van der Waals surface area contributed by atoms with E-state index in [-0.39, 0.29) is 30.5 Å². The molecule has 1 aliphatic carbocycles. The van der Waals surface area contributed by atoms with Gasteiger partial charge < -0.3 is 9.47 Å². The molecule has 4 heteroatoms. The largest absolute Gasteiger partial charge is 0.497 e. The summed E-state index contributed by atoms with van der Waals surface area (Å²) in [5.41, 5.74) is 3.03. The van der Waals surface area contributed by atoms with E-state index in [9.17, 15) is 9.59 Å². The summed E-state index contributed by atoms with van der Waals surface area (Å²) in [4.78, 5) is 25.6. The first kappa shape index (κ1) is 26.6. The van der Waals surface area contributed by atoms with Gasteiger partial charge in [-0.25, -0.2) is 0 Å². The maximum absolute atomic E-state index is 12.9. The van der Waals surface area contributed by atoms with E-state index < -0.39 is 0 Å². The summed E-state index contributed by atoms with van der Waals surface area (Å²) in [6.45, 7) is 9.01. The van der Waals surface area contributed by atoms with Gasteiger partial charge in [-0.05, 0) is 81.2 Å². The van der Waals surface area contributed by atoms with Crippen LogP contribution in [-0.2, 0) is 9.53 Å². The Morgan fingerprint density at radius 3 is 2.45 bits per heavy atom. The Kier molecular flexibility index (Phi) is 11.2. The van der Waals surface area contributed by atoms with Gasteiger partial charge in [0, 0.05) is 17.9 Å². The molecule has 4 nitrogen and oxygen atoms in total. The second-order valence-corrected chi connectivity index (χ2v) is 9.51. The highest BCUT2D eigenvalue weighted by Gasteiger charge is 2.23. The number of ketones is 1. The predicted octanol–water partition coefficient (Wildman–Crippen LogP) is 7.11. The van der Waals surface area contributed by atoms with Gasteiger partial charge in [-0.15, -0.1) is 0 Å². The van der Waals surface area contributed by atoms with Crippen molar-refractivity contribution in [3.63, 3.8) is 0 Å². The van der Waals surface area contributed by atoms with Crippen molar-refractivity contribution in [2.24, 2.45) is 17.8 Å². The predicted molar refractivity (Wildman–Crippen MR) is 134 cm³/mol. The summed E-state index contributed by atoms with van der Waals surface area (Å²) < 4.78 is 10.7. The van der Waals surface area contributed by atoms with Crippen LogP contribution in [0.5, 0.6) is 5.75 Å². The number of benzene rings is 1. The maximum atomic E-state index is 12.9. The molecule has 1 aromatic rings. The molecular weight excluding hydrogens is 412 g/mol. The molecule has 0 amide bonds. The van der Waals surface area contributed by atoms with Crippen molar-refractivity contribution >= 4 is 11.8 Å². The van der Waals surface area contributed by atoms with Gasteiger partial charge in [0.2, 0.25) is 0 Å². The summed E-state index contributed by atoms with van der Waals surface area (Å²) >= 11 is 0. The first-order chi connectivity index (χ1) is 15.8. The van der Waals surface area contributed by atoms with Crippen molar-refractivity contribution in [3.05, 3.63) is 65.3 Å². The molecule has 0 heterocycles. The van der Waals surface area contributed by atoms with E-state index in [2.05, 4.69) is 52.0 Å². The quantitative estimate of drug-likeness (QED) is 0.182. The molecule has 180 valence electrons. The average molecular weight is 453 g/mol. The van der Waals surface area contributed by atoms with Gasteiger partial charge in [0.1, 0.15) is 5.75 Å². The van der Waals surface area contributed by atoms with E-state index in [0.717, 1.165) is 31.3 Å². The normalized spacial score (nSPS) is 17.0. The molecule has 1 aliphatic rings. The van der Waals surface area contributed by atoms with E-state index in [0.29, 0.717) is 29.8 Å². The molecule has 2 rings (SSSR count). The zero-order valence-electron chi connectivity index (χ0n) is 20.9. The van der Waals surface area contributed by atoms with Crippen LogP contribution in [0.3, 0.4) is 0 Å². The zero-order chi connectivity index (χ0) is 24.2. The lowest BCUT2D eigenvalue weighted by Gasteiger charge is -2.21. The van der Waals surface area contributed by atoms with Gasteiger partial charge in [-0.3, -0.25) is 9.59 Å². The second kappa shape index (κ2) is 13.8. The van der Waals surface area contributed by atoms with E-state index >= 15 is 0 Å². The Hall–Kier alpha value is -2.62. The topological polar surface area (TPSA) is 52.6 Å². The van der Waals surface area contributed by atoms with Gasteiger partial charge >= 0.3 is 5.97 Å². The minimum Gasteiger partial charge on any atom is -0.497 e. The van der Waals surface area contributed by atoms with Crippen LogP contribution < -0.4 is 4.74 Å². The fourth-order valence-electron chi connectivity index (χ4n) is 3.91. The Morgan fingerprint density at radius 2 is 1.85 bits per heavy atom. The number of esters is 1. The fourth-order valence-corrected chi connectivity index (χ4v) is 3.91. The number of Topliss-reactive ketones (excluding diaryl/α,β-unsaturated/α-hetero) is 1. The molecule has 0 radical (unpaired) electrons. The van der Waals surface area contributed by atoms with E-state index in [4.69, 9.17) is 9.47 Å². The Labute approximate surface area is 199 Å². The summed E-state index contributed by atoms with van der Waals surface area (Å²) in [5, 5.41) is 0. The molecule has 0 saturated carbocycles. The monoisotopic (exact) mass is 452 g/mol. The summed E-state index contributed by atoms with van der Waals surface area (Å²) in [5.74, 6) is 1.32. The van der Waals surface area contributed by atoms with Crippen molar-refractivity contribution in [1.82, 2.24) is 0 Å². The van der Waals surface area contributed by atoms with Crippen molar-refractivity contribution in [2.45, 2.75) is 66.2 Å². The third-order valence-electron chi connectivity index (χ3n) is 6.16. The third-order valence-corrected chi connectivity index (χ3v) is 6.16. The van der Waals surface area contributed by atoms with Crippen LogP contribution in [0, 0.1) is 17.8 Å². The molecule has 33 heavy (non-hydrogen) atoms. The van der Waals surface area contributed by atoms with Crippen molar-refractivity contribution < 1.29 is 19.1 Å². The minimum absolute atomic E-state index is 0.0243. The Morgan fingerprint density at radius 1 is 1.12 bits per heavy atom. The van der Waals surface area contributed by atoms with Gasteiger partial charge in [-0.2, -0.15) is 0 Å². The van der Waals surface area contributed by atoms with Crippen molar-refractivity contribution in [3.8, 4) is 5.75 Å². The van der Waals surface area contributed by atoms with Gasteiger partial charge in [0.05, 0.1) is 20.1 Å². The maximum Gasteiger partial charge on any atom is 0.306 e. The molecular formula is C29H40O4. The van der Waals surface area contributed by atoms with Gasteiger partial charge in [-0.1, -0.05) is 43.7 Å². The molecule has 1 aromatic carbocycles. The zero-order valence-corrected chi connectivity index (χ0v) is 20.9. The number of carbonyl (C=O) groups is 2. The highest BCUT2D eigenvalue weighted by atomic mass is 16.5. The van der Waals surface area contributed by atoms with E-state index in [1.807, 2.05) is 0 Å². The highest BCUT2D eigenvalue weighted by molar-refractivity contribution is 5.96. The van der Waals surface area contributed by atoms with Gasteiger partial charge in [0.15, 0.2) is 5.78 Å². The second-order valence-electron chi connectivity index (χ2n) is 9.51. The lowest BCUT2D eigenvalue weighted by molar-refractivity contribution is -0.144. The third kappa shape index (κ3) is 9.81. The van der Waals surface area contributed by atoms with Crippen LogP contribution in [0.15, 0.2) is 59.7 Å².